The van der Waals surface area contributed by atoms with E-state index in [-0.39, 0.29) is 21.9 Å². The fourth-order valence-corrected chi connectivity index (χ4v) is 3.58. The van der Waals surface area contributed by atoms with Crippen molar-refractivity contribution in [2.75, 3.05) is 19.0 Å². The Balaban J connectivity index is 0.00000392. The largest absolute Gasteiger partial charge is 0.481 e. The van der Waals surface area contributed by atoms with Crippen molar-refractivity contribution in [2.45, 2.75) is 17.4 Å². The summed E-state index contributed by atoms with van der Waals surface area (Å²) >= 11 is 0. The number of carboxylic acid groups (broad SMARTS) is 2. The van der Waals surface area contributed by atoms with Crippen molar-refractivity contribution in [1.82, 2.24) is 4.72 Å². The number of carboxylic acids is 2. The van der Waals surface area contributed by atoms with E-state index >= 15 is 0 Å². The zero-order chi connectivity index (χ0) is 20.2. The molecular formula is C18H21BrN2O6S. The van der Waals surface area contributed by atoms with E-state index in [1.165, 1.54) is 12.1 Å². The lowest BCUT2D eigenvalue weighted by Crippen LogP contribution is -2.42. The first-order valence-corrected chi connectivity index (χ1v) is 9.43. The van der Waals surface area contributed by atoms with Gasteiger partial charge in [-0.25, -0.2) is 8.42 Å². The van der Waals surface area contributed by atoms with Crippen molar-refractivity contribution in [3.05, 3.63) is 48.5 Å². The third-order valence-corrected chi connectivity index (χ3v) is 5.34. The van der Waals surface area contributed by atoms with Crippen molar-refractivity contribution in [3.8, 4) is 11.1 Å². The number of aliphatic carboxylic acids is 2. The second-order valence-corrected chi connectivity index (χ2v) is 7.79. The number of nitrogens with one attached hydrogen (secondary N) is 1. The molecule has 2 aromatic rings. The number of hydrogen-bond acceptors (Lipinski definition) is 5. The van der Waals surface area contributed by atoms with Gasteiger partial charge in [-0.1, -0.05) is 24.3 Å². The minimum atomic E-state index is -4.17. The molecule has 0 saturated carbocycles. The zero-order valence-electron chi connectivity index (χ0n) is 15.2. The Morgan fingerprint density at radius 2 is 1.43 bits per heavy atom. The number of nitrogens with zero attached hydrogens (tertiary/aromatic N) is 1. The third kappa shape index (κ3) is 6.04. The van der Waals surface area contributed by atoms with E-state index in [0.717, 1.165) is 16.8 Å². The van der Waals surface area contributed by atoms with Crippen molar-refractivity contribution in [2.24, 2.45) is 0 Å². The Morgan fingerprint density at radius 3 is 1.82 bits per heavy atom. The molecule has 2 aromatic carbocycles. The highest BCUT2D eigenvalue weighted by atomic mass is 79.9. The predicted octanol–water partition coefficient (Wildman–Crippen LogP) is 2.20. The van der Waals surface area contributed by atoms with Crippen LogP contribution in [0.3, 0.4) is 0 Å². The van der Waals surface area contributed by atoms with Crippen LogP contribution in [-0.2, 0) is 19.6 Å². The van der Waals surface area contributed by atoms with Gasteiger partial charge < -0.3 is 15.1 Å². The van der Waals surface area contributed by atoms with Crippen molar-refractivity contribution in [1.29, 1.82) is 0 Å². The normalized spacial score (nSPS) is 11.9. The smallest absolute Gasteiger partial charge is 0.322 e. The van der Waals surface area contributed by atoms with Crippen molar-refractivity contribution < 1.29 is 28.2 Å². The number of benzene rings is 2. The van der Waals surface area contributed by atoms with Crippen LogP contribution in [0.4, 0.5) is 5.69 Å². The van der Waals surface area contributed by atoms with Gasteiger partial charge in [0, 0.05) is 19.8 Å². The lowest BCUT2D eigenvalue weighted by molar-refractivity contribution is -0.145. The Labute approximate surface area is 173 Å². The predicted molar refractivity (Wildman–Crippen MR) is 111 cm³/mol. The average Bonchev–Trinajstić information content (AvgIpc) is 2.60. The molecule has 1 atom stereocenters. The molecule has 0 spiro atoms. The Hall–Kier alpha value is -2.43. The molecule has 152 valence electrons. The molecule has 2 rings (SSSR count). The molecule has 0 saturated heterocycles. The lowest BCUT2D eigenvalue weighted by Gasteiger charge is -2.14. The summed E-state index contributed by atoms with van der Waals surface area (Å²) in [5.41, 5.74) is 2.71. The quantitative estimate of drug-likeness (QED) is 0.537. The van der Waals surface area contributed by atoms with Crippen LogP contribution in [0.1, 0.15) is 6.42 Å². The molecule has 8 nitrogen and oxygen atoms in total. The summed E-state index contributed by atoms with van der Waals surface area (Å²) in [7, 11) is -0.314. The maximum atomic E-state index is 12.3. The molecule has 0 aliphatic rings. The third-order valence-electron chi connectivity index (χ3n) is 3.86. The monoisotopic (exact) mass is 472 g/mol. The first-order chi connectivity index (χ1) is 12.6. The van der Waals surface area contributed by atoms with Crippen LogP contribution in [0.25, 0.3) is 11.1 Å². The van der Waals surface area contributed by atoms with Crippen LogP contribution in [0.2, 0.25) is 0 Å². The molecule has 0 bridgehead atoms. The number of rotatable bonds is 8. The van der Waals surface area contributed by atoms with Crippen LogP contribution >= 0.6 is 17.0 Å². The van der Waals surface area contributed by atoms with Crippen molar-refractivity contribution in [3.63, 3.8) is 0 Å². The minimum Gasteiger partial charge on any atom is -0.481 e. The summed E-state index contributed by atoms with van der Waals surface area (Å²) in [6.45, 7) is 0. The topological polar surface area (TPSA) is 124 Å². The Morgan fingerprint density at radius 1 is 0.964 bits per heavy atom. The molecule has 3 N–H and O–H groups in total. The molecule has 0 radical (unpaired) electrons. The number of anilines is 1. The molecule has 0 amide bonds. The summed E-state index contributed by atoms with van der Waals surface area (Å²) in [6.07, 6.45) is -0.856. The second kappa shape index (κ2) is 9.67. The molecule has 28 heavy (non-hydrogen) atoms. The Kier molecular flexibility index (Phi) is 8.15. The van der Waals surface area contributed by atoms with E-state index in [4.69, 9.17) is 10.2 Å². The lowest BCUT2D eigenvalue weighted by atomic mass is 10.1. The van der Waals surface area contributed by atoms with Crippen LogP contribution in [-0.4, -0.2) is 50.7 Å². The fourth-order valence-electron chi connectivity index (χ4n) is 2.39. The first-order valence-electron chi connectivity index (χ1n) is 7.95. The summed E-state index contributed by atoms with van der Waals surface area (Å²) < 4.78 is 26.6. The van der Waals surface area contributed by atoms with Gasteiger partial charge in [0.1, 0.15) is 6.04 Å². The van der Waals surface area contributed by atoms with Gasteiger partial charge in [-0.3, -0.25) is 9.59 Å². The summed E-state index contributed by atoms with van der Waals surface area (Å²) in [6, 6.07) is 11.8. The molecule has 0 fully saturated rings. The van der Waals surface area contributed by atoms with Gasteiger partial charge in [0.2, 0.25) is 10.0 Å². The first kappa shape index (κ1) is 23.6. The van der Waals surface area contributed by atoms with Gasteiger partial charge in [0.05, 0.1) is 11.3 Å². The van der Waals surface area contributed by atoms with Gasteiger partial charge in [0.25, 0.3) is 0 Å². The number of sulfonamides is 1. The van der Waals surface area contributed by atoms with Gasteiger partial charge >= 0.3 is 11.9 Å². The van der Waals surface area contributed by atoms with Crippen molar-refractivity contribution >= 4 is 44.6 Å². The standard InChI is InChI=1S/C18H20N2O6S.BrH/c1-20(2)14-7-3-12(4-8-14)13-5-9-15(10-6-13)27(25,26)19-16(18(23)24)11-17(21)22;/h3-10,16,19H,11H2,1-2H3,(H,21,22)(H,23,24);1H/t16-;/m0./s1. The van der Waals surface area contributed by atoms with Crippen LogP contribution in [0, 0.1) is 0 Å². The Bertz CT molecular complexity index is 928. The van der Waals surface area contributed by atoms with Crippen LogP contribution in [0.15, 0.2) is 53.4 Å². The maximum absolute atomic E-state index is 12.3. The van der Waals surface area contributed by atoms with E-state index in [0.29, 0.717) is 0 Å². The van der Waals surface area contributed by atoms with E-state index in [1.807, 2.05) is 48.0 Å². The maximum Gasteiger partial charge on any atom is 0.322 e. The second-order valence-electron chi connectivity index (χ2n) is 6.08. The number of halogens is 1. The highest BCUT2D eigenvalue weighted by molar-refractivity contribution is 8.93. The fraction of sp³-hybridized carbons (Fsp3) is 0.222. The molecule has 0 unspecified atom stereocenters. The highest BCUT2D eigenvalue weighted by Crippen LogP contribution is 2.24. The number of carbonyl (C=O) groups is 2. The van der Waals surface area contributed by atoms with E-state index in [1.54, 1.807) is 12.1 Å². The molecule has 0 heterocycles. The average molecular weight is 473 g/mol. The van der Waals surface area contributed by atoms with Gasteiger partial charge in [-0.15, -0.1) is 17.0 Å². The van der Waals surface area contributed by atoms with E-state index in [2.05, 4.69) is 0 Å². The number of hydrogen-bond donors (Lipinski definition) is 3. The molecule has 0 aromatic heterocycles. The summed E-state index contributed by atoms with van der Waals surface area (Å²) in [5, 5.41) is 17.7. The molecule has 0 aliphatic carbocycles. The summed E-state index contributed by atoms with van der Waals surface area (Å²) in [4.78, 5) is 23.6. The van der Waals surface area contributed by atoms with Crippen LogP contribution < -0.4 is 9.62 Å². The van der Waals surface area contributed by atoms with Crippen LogP contribution in [0.5, 0.6) is 0 Å². The summed E-state index contributed by atoms with van der Waals surface area (Å²) in [5.74, 6) is -2.97. The van der Waals surface area contributed by atoms with Gasteiger partial charge in [-0.05, 0) is 35.4 Å². The molecule has 10 heteroatoms. The minimum absolute atomic E-state index is 0. The molecular weight excluding hydrogens is 452 g/mol. The van der Waals surface area contributed by atoms with E-state index in [9.17, 15) is 18.0 Å². The zero-order valence-corrected chi connectivity index (χ0v) is 17.7. The van der Waals surface area contributed by atoms with Gasteiger partial charge in [-0.2, -0.15) is 4.72 Å². The van der Waals surface area contributed by atoms with E-state index < -0.39 is 34.4 Å². The highest BCUT2D eigenvalue weighted by Gasteiger charge is 2.27. The SMILES string of the molecule is Br.CN(C)c1ccc(-c2ccc(S(=O)(=O)N[C@@H](CC(=O)O)C(=O)O)cc2)cc1. The van der Waals surface area contributed by atoms with Gasteiger partial charge in [0.15, 0.2) is 0 Å². The molecule has 0 aliphatic heterocycles.